The van der Waals surface area contributed by atoms with Crippen LogP contribution in [0.25, 0.3) is 11.3 Å². The van der Waals surface area contributed by atoms with Gasteiger partial charge in [-0.1, -0.05) is 6.07 Å². The van der Waals surface area contributed by atoms with Gasteiger partial charge in [0, 0.05) is 22.1 Å². The highest BCUT2D eigenvalue weighted by Crippen LogP contribution is 2.54. The van der Waals surface area contributed by atoms with E-state index in [9.17, 15) is 5.11 Å². The molecule has 1 aliphatic heterocycles. The molecule has 0 amide bonds. The molecule has 0 unspecified atom stereocenters. The van der Waals surface area contributed by atoms with Crippen molar-refractivity contribution in [2.75, 3.05) is 12.3 Å². The van der Waals surface area contributed by atoms with Crippen LogP contribution >= 0.6 is 0 Å². The molecule has 0 bridgehead atoms. The fourth-order valence-electron chi connectivity index (χ4n) is 3.24. The van der Waals surface area contributed by atoms with Crippen LogP contribution in [-0.2, 0) is 16.8 Å². The molecule has 0 atom stereocenters. The summed E-state index contributed by atoms with van der Waals surface area (Å²) in [6.45, 7) is 3.12. The molecule has 1 fully saturated rings. The van der Waals surface area contributed by atoms with Gasteiger partial charge in [-0.2, -0.15) is 0 Å². The van der Waals surface area contributed by atoms with Crippen LogP contribution in [0.15, 0.2) is 18.2 Å². The number of hydrogen-bond donors (Lipinski definition) is 2. The summed E-state index contributed by atoms with van der Waals surface area (Å²) >= 11 is 0. The maximum absolute atomic E-state index is 10.2. The quantitative estimate of drug-likeness (QED) is 0.839. The van der Waals surface area contributed by atoms with Crippen LogP contribution < -0.4 is 5.73 Å². The van der Waals surface area contributed by atoms with Gasteiger partial charge in [-0.25, -0.2) is 0 Å². The molecular weight excluding hydrogens is 266 g/mol. The number of nitrogens with two attached hydrogens (primary N) is 1. The maximum Gasteiger partial charge on any atom is 0.150 e. The molecule has 21 heavy (non-hydrogen) atoms. The van der Waals surface area contributed by atoms with E-state index in [1.54, 1.807) is 6.07 Å². The van der Waals surface area contributed by atoms with Gasteiger partial charge in [0.1, 0.15) is 17.3 Å². The third-order valence-corrected chi connectivity index (χ3v) is 4.52. The first-order valence-corrected chi connectivity index (χ1v) is 7.14. The Morgan fingerprint density at radius 3 is 2.81 bits per heavy atom. The van der Waals surface area contributed by atoms with Gasteiger partial charge in [0.15, 0.2) is 0 Å². The lowest BCUT2D eigenvalue weighted by Gasteiger charge is -2.27. The van der Waals surface area contributed by atoms with Gasteiger partial charge in [0.2, 0.25) is 0 Å². The van der Waals surface area contributed by atoms with Crippen molar-refractivity contribution in [3.05, 3.63) is 34.9 Å². The van der Waals surface area contributed by atoms with Crippen LogP contribution in [0.1, 0.15) is 29.5 Å². The predicted octanol–water partition coefficient (Wildman–Crippen LogP) is 2.30. The minimum absolute atomic E-state index is 0.0304. The Morgan fingerprint density at radius 1 is 1.29 bits per heavy atom. The second kappa shape index (κ2) is 4.18. The fraction of sp³-hybridized carbons (Fsp3) is 0.375. The summed E-state index contributed by atoms with van der Waals surface area (Å²) in [4.78, 5) is 0. The van der Waals surface area contributed by atoms with Gasteiger partial charge in [-0.15, -0.1) is 10.2 Å². The first-order valence-electron chi connectivity index (χ1n) is 7.14. The number of phenolic OH excluding ortho intramolecular Hbond substituents is 1. The minimum atomic E-state index is 0.0304. The fourth-order valence-corrected chi connectivity index (χ4v) is 3.24. The van der Waals surface area contributed by atoms with Crippen LogP contribution in [0, 0.1) is 6.92 Å². The summed E-state index contributed by atoms with van der Waals surface area (Å²) in [6, 6.07) is 5.56. The van der Waals surface area contributed by atoms with Gasteiger partial charge in [-0.05, 0) is 37.5 Å². The van der Waals surface area contributed by atoms with E-state index in [1.165, 1.54) is 0 Å². The number of hydrogen-bond acceptors (Lipinski definition) is 5. The predicted molar refractivity (Wildman–Crippen MR) is 78.9 cm³/mol. The van der Waals surface area contributed by atoms with Crippen LogP contribution in [0.5, 0.6) is 5.75 Å². The Hall–Kier alpha value is -2.14. The van der Waals surface area contributed by atoms with E-state index < -0.39 is 0 Å². The summed E-state index contributed by atoms with van der Waals surface area (Å²) < 4.78 is 5.75. The molecule has 1 spiro atoms. The van der Waals surface area contributed by atoms with E-state index in [2.05, 4.69) is 10.2 Å². The Bertz CT molecular complexity index is 739. The molecule has 5 heteroatoms. The highest BCUT2D eigenvalue weighted by atomic mass is 16.5. The number of aromatic nitrogens is 2. The average Bonchev–Trinajstić information content (AvgIpc) is 3.20. The van der Waals surface area contributed by atoms with Crippen molar-refractivity contribution in [3.63, 3.8) is 0 Å². The molecule has 0 saturated heterocycles. The zero-order valence-corrected chi connectivity index (χ0v) is 11.9. The highest BCUT2D eigenvalue weighted by molar-refractivity contribution is 5.73. The van der Waals surface area contributed by atoms with Gasteiger partial charge < -0.3 is 15.6 Å². The van der Waals surface area contributed by atoms with Crippen molar-refractivity contribution >= 4 is 5.82 Å². The molecule has 108 valence electrons. The topological polar surface area (TPSA) is 81.3 Å². The van der Waals surface area contributed by atoms with E-state index in [0.29, 0.717) is 30.3 Å². The SMILES string of the molecule is Cc1ccc(-c2nnc(N)c3c2COCC32CC2)c(O)c1. The van der Waals surface area contributed by atoms with Gasteiger partial charge in [-0.3, -0.25) is 0 Å². The minimum Gasteiger partial charge on any atom is -0.507 e. The third-order valence-electron chi connectivity index (χ3n) is 4.52. The summed E-state index contributed by atoms with van der Waals surface area (Å²) in [5.41, 5.74) is 10.5. The van der Waals surface area contributed by atoms with Crippen LogP contribution in [0.3, 0.4) is 0 Å². The van der Waals surface area contributed by atoms with Gasteiger partial charge >= 0.3 is 0 Å². The molecule has 2 heterocycles. The van der Waals surface area contributed by atoms with Crippen molar-refractivity contribution in [2.24, 2.45) is 0 Å². The van der Waals surface area contributed by atoms with E-state index in [-0.39, 0.29) is 11.2 Å². The lowest BCUT2D eigenvalue weighted by molar-refractivity contribution is 0.0840. The number of anilines is 1. The summed E-state index contributed by atoms with van der Waals surface area (Å²) in [5, 5.41) is 18.6. The number of benzene rings is 1. The van der Waals surface area contributed by atoms with Crippen molar-refractivity contribution in [1.29, 1.82) is 0 Å². The van der Waals surface area contributed by atoms with Crippen LogP contribution in [0.2, 0.25) is 0 Å². The van der Waals surface area contributed by atoms with Crippen molar-refractivity contribution in [3.8, 4) is 17.0 Å². The highest BCUT2D eigenvalue weighted by Gasteiger charge is 2.50. The zero-order valence-electron chi connectivity index (χ0n) is 11.9. The molecule has 5 nitrogen and oxygen atoms in total. The molecule has 0 radical (unpaired) electrons. The standard InChI is InChI=1S/C16H17N3O2/c1-9-2-3-10(12(20)6-9)14-11-7-21-8-16(4-5-16)13(11)15(17)19-18-14/h2-3,6,20H,4-5,7-8H2,1H3,(H2,17,19). The van der Waals surface area contributed by atoms with E-state index in [0.717, 1.165) is 29.5 Å². The zero-order chi connectivity index (χ0) is 14.6. The number of phenols is 1. The van der Waals surface area contributed by atoms with Crippen LogP contribution in [-0.4, -0.2) is 21.9 Å². The molecule has 1 aromatic heterocycles. The number of rotatable bonds is 1. The Kier molecular flexibility index (Phi) is 2.50. The number of ether oxygens (including phenoxy) is 1. The molecule has 1 aromatic carbocycles. The van der Waals surface area contributed by atoms with Crippen LogP contribution in [0.4, 0.5) is 5.82 Å². The molecular formula is C16H17N3O2. The summed E-state index contributed by atoms with van der Waals surface area (Å²) in [5.74, 6) is 0.716. The molecule has 3 N–H and O–H groups in total. The summed E-state index contributed by atoms with van der Waals surface area (Å²) in [7, 11) is 0. The average molecular weight is 283 g/mol. The number of nitrogen functional groups attached to an aromatic ring is 1. The first kappa shape index (κ1) is 12.6. The normalized spacial score (nSPS) is 18.5. The molecule has 1 aliphatic carbocycles. The van der Waals surface area contributed by atoms with E-state index >= 15 is 0 Å². The molecule has 2 aromatic rings. The van der Waals surface area contributed by atoms with Gasteiger partial charge in [0.05, 0.1) is 13.2 Å². The number of fused-ring (bicyclic) bond motifs is 2. The Morgan fingerprint density at radius 2 is 2.10 bits per heavy atom. The number of nitrogens with zero attached hydrogens (tertiary/aromatic N) is 2. The molecule has 4 rings (SSSR count). The van der Waals surface area contributed by atoms with Gasteiger partial charge in [0.25, 0.3) is 0 Å². The molecule has 2 aliphatic rings. The monoisotopic (exact) mass is 283 g/mol. The second-order valence-electron chi connectivity index (χ2n) is 6.08. The Labute approximate surface area is 122 Å². The van der Waals surface area contributed by atoms with E-state index in [1.807, 2.05) is 19.1 Å². The smallest absolute Gasteiger partial charge is 0.150 e. The number of aromatic hydroxyl groups is 1. The molecule has 1 saturated carbocycles. The van der Waals surface area contributed by atoms with Crippen molar-refractivity contribution < 1.29 is 9.84 Å². The maximum atomic E-state index is 10.2. The van der Waals surface area contributed by atoms with Crippen molar-refractivity contribution in [2.45, 2.75) is 31.8 Å². The number of aryl methyl sites for hydroxylation is 1. The third kappa shape index (κ3) is 1.81. The van der Waals surface area contributed by atoms with Crippen molar-refractivity contribution in [1.82, 2.24) is 10.2 Å². The first-order chi connectivity index (χ1) is 10.1. The lowest BCUT2D eigenvalue weighted by atomic mass is 9.88. The lowest BCUT2D eigenvalue weighted by Crippen LogP contribution is -2.26. The largest absolute Gasteiger partial charge is 0.507 e. The Balaban J connectivity index is 1.95. The van der Waals surface area contributed by atoms with E-state index in [4.69, 9.17) is 10.5 Å². The second-order valence-corrected chi connectivity index (χ2v) is 6.08. The summed E-state index contributed by atoms with van der Waals surface area (Å²) in [6.07, 6.45) is 2.16.